The molecule has 0 spiro atoms. The maximum Gasteiger partial charge on any atom is 0.306 e. The maximum atomic E-state index is 12.2. The van der Waals surface area contributed by atoms with Gasteiger partial charge in [0.2, 0.25) is 5.60 Å². The zero-order valence-corrected chi connectivity index (χ0v) is 17.8. The van der Waals surface area contributed by atoms with Crippen molar-refractivity contribution in [1.82, 2.24) is 14.6 Å². The first-order valence-corrected chi connectivity index (χ1v) is 11.9. The fraction of sp³-hybridized carbons (Fsp3) is 0.579. The molecule has 0 amide bonds. The number of rotatable bonds is 5. The zero-order valence-electron chi connectivity index (χ0n) is 17.0. The summed E-state index contributed by atoms with van der Waals surface area (Å²) in [6.07, 6.45) is -2.30. The fourth-order valence-corrected chi connectivity index (χ4v) is 5.75. The number of anilines is 1. The van der Waals surface area contributed by atoms with E-state index in [0.29, 0.717) is 18.4 Å². The summed E-state index contributed by atoms with van der Waals surface area (Å²) in [4.78, 5) is 16.1. The van der Waals surface area contributed by atoms with Crippen LogP contribution in [0.3, 0.4) is 0 Å². The van der Waals surface area contributed by atoms with E-state index in [9.17, 15) is 28.7 Å². The summed E-state index contributed by atoms with van der Waals surface area (Å²) in [6.45, 7) is -0.383. The number of fused-ring (bicyclic) bond motifs is 1. The minimum atomic E-state index is -3.03. The van der Waals surface area contributed by atoms with Crippen LogP contribution in [0.4, 0.5) is 5.82 Å². The number of aliphatic hydroxyl groups excluding tert-OH is 2. The molecule has 32 heavy (non-hydrogen) atoms. The Morgan fingerprint density at radius 1 is 1.38 bits per heavy atom. The van der Waals surface area contributed by atoms with Gasteiger partial charge in [-0.2, -0.15) is 10.4 Å². The van der Waals surface area contributed by atoms with Gasteiger partial charge in [0, 0.05) is 6.42 Å². The van der Waals surface area contributed by atoms with Gasteiger partial charge < -0.3 is 25.4 Å². The van der Waals surface area contributed by atoms with E-state index in [1.807, 2.05) is 6.07 Å². The molecule has 172 valence electrons. The van der Waals surface area contributed by atoms with Crippen molar-refractivity contribution < 1.29 is 32.9 Å². The van der Waals surface area contributed by atoms with Crippen LogP contribution in [0, 0.1) is 17.2 Å². The molecule has 0 bridgehead atoms. The fourth-order valence-electron chi connectivity index (χ4n) is 4.16. The standard InChI is InChI=1S/C19H23N5O7S/c20-9-19(14-2-1-12-18(21)22-10-23-24(12)14)17(27)16(26)13(31-19)8-30-15(25)7-11-3-5-32(28,29)6-4-11/h1-2,10-11,13,16-17,26-27H,3-8H2,(H2,21,22,23)/t13?,16-,17-,19+/m1/s1. The topological polar surface area (TPSA) is 190 Å². The molecule has 2 saturated heterocycles. The van der Waals surface area contributed by atoms with Gasteiger partial charge in [-0.1, -0.05) is 0 Å². The van der Waals surface area contributed by atoms with E-state index in [4.69, 9.17) is 15.2 Å². The van der Waals surface area contributed by atoms with Gasteiger partial charge in [0.05, 0.1) is 17.2 Å². The van der Waals surface area contributed by atoms with Gasteiger partial charge in [-0.05, 0) is 30.9 Å². The van der Waals surface area contributed by atoms with Gasteiger partial charge in [0.15, 0.2) is 5.82 Å². The van der Waals surface area contributed by atoms with E-state index in [1.165, 1.54) is 16.9 Å². The molecule has 2 aromatic heterocycles. The van der Waals surface area contributed by atoms with Crippen molar-refractivity contribution >= 4 is 27.1 Å². The Balaban J connectivity index is 1.45. The van der Waals surface area contributed by atoms with Crippen molar-refractivity contribution in [2.45, 2.75) is 43.2 Å². The third-order valence-electron chi connectivity index (χ3n) is 6.02. The summed E-state index contributed by atoms with van der Waals surface area (Å²) >= 11 is 0. The molecule has 12 nitrogen and oxygen atoms in total. The molecule has 1 unspecified atom stereocenters. The quantitative estimate of drug-likeness (QED) is 0.455. The average Bonchev–Trinajstić information content (AvgIpc) is 3.30. The average molecular weight is 465 g/mol. The Morgan fingerprint density at radius 2 is 2.09 bits per heavy atom. The van der Waals surface area contributed by atoms with Crippen molar-refractivity contribution in [3.8, 4) is 6.07 Å². The van der Waals surface area contributed by atoms with Crippen molar-refractivity contribution in [1.29, 1.82) is 5.26 Å². The Kier molecular flexibility index (Phi) is 5.80. The highest BCUT2D eigenvalue weighted by molar-refractivity contribution is 7.91. The minimum absolute atomic E-state index is 0.0455. The number of hydrogen-bond acceptors (Lipinski definition) is 11. The van der Waals surface area contributed by atoms with E-state index < -0.39 is 39.7 Å². The van der Waals surface area contributed by atoms with Crippen LogP contribution in [0.1, 0.15) is 25.0 Å². The lowest BCUT2D eigenvalue weighted by Gasteiger charge is -2.24. The van der Waals surface area contributed by atoms with E-state index in [-0.39, 0.29) is 42.0 Å². The molecule has 0 aromatic carbocycles. The number of nitrogens with zero attached hydrogens (tertiary/aromatic N) is 4. The highest BCUT2D eigenvalue weighted by Gasteiger charge is 2.57. The zero-order chi connectivity index (χ0) is 23.1. The van der Waals surface area contributed by atoms with E-state index in [1.54, 1.807) is 6.07 Å². The number of ether oxygens (including phenoxy) is 2. The minimum Gasteiger partial charge on any atom is -0.463 e. The van der Waals surface area contributed by atoms with E-state index >= 15 is 0 Å². The molecular formula is C19H23N5O7S. The van der Waals surface area contributed by atoms with Crippen LogP contribution in [-0.2, 0) is 29.7 Å². The summed E-state index contributed by atoms with van der Waals surface area (Å²) < 4.78 is 35.3. The number of carbonyl (C=O) groups excluding carboxylic acids is 1. The molecule has 4 N–H and O–H groups in total. The third kappa shape index (κ3) is 3.90. The Bertz CT molecular complexity index is 1160. The number of nitriles is 1. The van der Waals surface area contributed by atoms with Crippen molar-refractivity contribution in [3.63, 3.8) is 0 Å². The number of esters is 1. The highest BCUT2D eigenvalue weighted by atomic mass is 32.2. The summed E-state index contributed by atoms with van der Waals surface area (Å²) in [5, 5.41) is 35.1. The van der Waals surface area contributed by atoms with Crippen LogP contribution < -0.4 is 5.73 Å². The van der Waals surface area contributed by atoms with Gasteiger partial charge in [0.25, 0.3) is 0 Å². The SMILES string of the molecule is N#C[C@@]1(c2ccc3c(N)ncnn23)OC(COC(=O)CC2CCS(=O)(=O)CC2)[C@@H](O)[C@H]1O. The predicted molar refractivity (Wildman–Crippen MR) is 109 cm³/mol. The van der Waals surface area contributed by atoms with Gasteiger partial charge in [-0.15, -0.1) is 0 Å². The van der Waals surface area contributed by atoms with Gasteiger partial charge in [-0.3, -0.25) is 4.79 Å². The molecule has 2 aromatic rings. The molecule has 2 fully saturated rings. The number of nitrogens with two attached hydrogens (primary N) is 1. The molecule has 0 aliphatic carbocycles. The molecule has 4 atom stereocenters. The molecule has 13 heteroatoms. The van der Waals surface area contributed by atoms with Crippen molar-refractivity contribution in [2.75, 3.05) is 23.8 Å². The number of aliphatic hydroxyl groups is 2. The number of carbonyl (C=O) groups is 1. The molecule has 2 aliphatic rings. The lowest BCUT2D eigenvalue weighted by Crippen LogP contribution is -2.41. The second-order valence-corrected chi connectivity index (χ2v) is 10.4. The summed E-state index contributed by atoms with van der Waals surface area (Å²) in [7, 11) is -3.03. The lowest BCUT2D eigenvalue weighted by molar-refractivity contribution is -0.151. The molecule has 0 saturated carbocycles. The van der Waals surface area contributed by atoms with Gasteiger partial charge in [-0.25, -0.2) is 17.9 Å². The molecule has 0 radical (unpaired) electrons. The van der Waals surface area contributed by atoms with Gasteiger partial charge >= 0.3 is 5.97 Å². The number of aromatic nitrogens is 3. The smallest absolute Gasteiger partial charge is 0.306 e. The summed E-state index contributed by atoms with van der Waals surface area (Å²) in [6, 6.07) is 4.96. The van der Waals surface area contributed by atoms with Crippen LogP contribution in [0.25, 0.3) is 5.52 Å². The normalized spacial score (nSPS) is 30.2. The Hall–Kier alpha value is -2.79. The Labute approximate surface area is 183 Å². The lowest BCUT2D eigenvalue weighted by atomic mass is 9.92. The van der Waals surface area contributed by atoms with Crippen LogP contribution >= 0.6 is 0 Å². The summed E-state index contributed by atoms with van der Waals surface area (Å²) in [5.74, 6) is -0.408. The van der Waals surface area contributed by atoms with Crippen LogP contribution in [0.15, 0.2) is 18.5 Å². The number of hydrogen-bond donors (Lipinski definition) is 3. The number of nitrogen functional groups attached to an aromatic ring is 1. The van der Waals surface area contributed by atoms with Crippen molar-refractivity contribution in [2.24, 2.45) is 5.92 Å². The van der Waals surface area contributed by atoms with Crippen LogP contribution in [0.2, 0.25) is 0 Å². The molecule has 4 heterocycles. The van der Waals surface area contributed by atoms with Gasteiger partial charge in [0.1, 0.15) is 52.7 Å². The Morgan fingerprint density at radius 3 is 2.78 bits per heavy atom. The summed E-state index contributed by atoms with van der Waals surface area (Å²) in [5.41, 5.74) is 4.39. The molecule has 2 aliphatic heterocycles. The van der Waals surface area contributed by atoms with E-state index in [2.05, 4.69) is 10.1 Å². The maximum absolute atomic E-state index is 12.2. The monoisotopic (exact) mass is 465 g/mol. The van der Waals surface area contributed by atoms with Crippen LogP contribution in [0.5, 0.6) is 0 Å². The predicted octanol–water partition coefficient (Wildman–Crippen LogP) is -1.09. The largest absolute Gasteiger partial charge is 0.463 e. The molecule has 4 rings (SSSR count). The molecular weight excluding hydrogens is 442 g/mol. The first kappa shape index (κ1) is 22.4. The first-order valence-electron chi connectivity index (χ1n) is 10.1. The second kappa shape index (κ2) is 8.28. The second-order valence-electron chi connectivity index (χ2n) is 8.08. The van der Waals surface area contributed by atoms with Crippen LogP contribution in [-0.4, -0.2) is 75.6 Å². The number of sulfone groups is 1. The third-order valence-corrected chi connectivity index (χ3v) is 7.74. The van der Waals surface area contributed by atoms with E-state index in [0.717, 1.165) is 0 Å². The van der Waals surface area contributed by atoms with Crippen molar-refractivity contribution in [3.05, 3.63) is 24.2 Å². The first-order chi connectivity index (χ1) is 15.2. The highest BCUT2D eigenvalue weighted by Crippen LogP contribution is 2.40.